The molecule has 1 amide bonds. The third-order valence-corrected chi connectivity index (χ3v) is 2.32. The quantitative estimate of drug-likeness (QED) is 0.380. The minimum Gasteiger partial charge on any atom is -0.349 e. The zero-order chi connectivity index (χ0) is 14.3. The highest BCUT2D eigenvalue weighted by molar-refractivity contribution is 5.91. The van der Waals surface area contributed by atoms with Gasteiger partial charge in [0.05, 0.1) is 4.92 Å². The molecule has 0 saturated heterocycles. The zero-order valence-corrected chi connectivity index (χ0v) is 10.5. The molecule has 1 rings (SSSR count). The van der Waals surface area contributed by atoms with Gasteiger partial charge in [-0.3, -0.25) is 14.9 Å². The Balaban J connectivity index is 2.66. The lowest BCUT2D eigenvalue weighted by Gasteiger charge is -2.07. The Morgan fingerprint density at radius 3 is 3.00 bits per heavy atom. The third-order valence-electron chi connectivity index (χ3n) is 2.32. The molecule has 0 aliphatic rings. The topological polar surface area (TPSA) is 72.2 Å². The highest BCUT2D eigenvalue weighted by atomic mass is 16.6. The summed E-state index contributed by atoms with van der Waals surface area (Å²) in [6.07, 6.45) is 8.43. The van der Waals surface area contributed by atoms with Gasteiger partial charge in [0.2, 0.25) is 5.91 Å². The average molecular weight is 258 g/mol. The predicted octanol–water partition coefficient (Wildman–Crippen LogP) is 2.14. The average Bonchev–Trinajstić information content (AvgIpc) is 2.37. The lowest BCUT2D eigenvalue weighted by atomic mass is 10.2. The maximum atomic E-state index is 11.5. The second-order valence-electron chi connectivity index (χ2n) is 4.00. The normalized spacial score (nSPS) is 11.8. The summed E-state index contributed by atoms with van der Waals surface area (Å²) in [6, 6.07) is 5.94. The molecule has 0 spiro atoms. The molecule has 5 heteroatoms. The molecule has 19 heavy (non-hydrogen) atoms. The highest BCUT2D eigenvalue weighted by Crippen LogP contribution is 2.13. The number of carbonyl (C=O) groups excluding carboxylic acids is 1. The van der Waals surface area contributed by atoms with Gasteiger partial charge in [-0.2, -0.15) is 0 Å². The van der Waals surface area contributed by atoms with Crippen LogP contribution in [0.4, 0.5) is 5.69 Å². The molecule has 1 aromatic rings. The van der Waals surface area contributed by atoms with Crippen molar-refractivity contribution in [2.75, 3.05) is 0 Å². The van der Waals surface area contributed by atoms with Gasteiger partial charge in [0.1, 0.15) is 0 Å². The van der Waals surface area contributed by atoms with Crippen LogP contribution in [0.15, 0.2) is 30.3 Å². The van der Waals surface area contributed by atoms with Crippen molar-refractivity contribution in [1.82, 2.24) is 5.32 Å². The van der Waals surface area contributed by atoms with Crippen LogP contribution in [0.5, 0.6) is 0 Å². The maximum Gasteiger partial charge on any atom is 0.270 e. The molecule has 0 aromatic heterocycles. The van der Waals surface area contributed by atoms with Crippen LogP contribution in [-0.4, -0.2) is 16.9 Å². The zero-order valence-electron chi connectivity index (χ0n) is 10.5. The Hall–Kier alpha value is -2.61. The minimum atomic E-state index is -0.480. The second-order valence-corrected chi connectivity index (χ2v) is 4.00. The van der Waals surface area contributed by atoms with Crippen molar-refractivity contribution in [3.05, 3.63) is 46.0 Å². The summed E-state index contributed by atoms with van der Waals surface area (Å²) < 4.78 is 0. The van der Waals surface area contributed by atoms with Crippen LogP contribution in [-0.2, 0) is 4.79 Å². The number of carbonyl (C=O) groups is 1. The van der Waals surface area contributed by atoms with Crippen molar-refractivity contribution in [3.63, 3.8) is 0 Å². The Morgan fingerprint density at radius 1 is 1.63 bits per heavy atom. The molecule has 0 aliphatic carbocycles. The number of hydrogen-bond donors (Lipinski definition) is 1. The first-order valence-electron chi connectivity index (χ1n) is 5.69. The molecule has 0 saturated carbocycles. The molecular formula is C14H14N2O3. The number of nitrogens with one attached hydrogen (secondary N) is 1. The minimum absolute atomic E-state index is 0.0109. The number of hydrogen-bond acceptors (Lipinski definition) is 3. The summed E-state index contributed by atoms with van der Waals surface area (Å²) in [5.74, 6) is 2.17. The molecule has 1 aromatic carbocycles. The lowest BCUT2D eigenvalue weighted by molar-refractivity contribution is -0.384. The van der Waals surface area contributed by atoms with Gasteiger partial charge >= 0.3 is 0 Å². The fourth-order valence-electron chi connectivity index (χ4n) is 1.43. The van der Waals surface area contributed by atoms with E-state index in [2.05, 4.69) is 11.2 Å². The van der Waals surface area contributed by atoms with E-state index in [0.29, 0.717) is 12.0 Å². The van der Waals surface area contributed by atoms with E-state index in [-0.39, 0.29) is 17.6 Å². The molecule has 5 nitrogen and oxygen atoms in total. The number of terminal acetylenes is 1. The summed E-state index contributed by atoms with van der Waals surface area (Å²) in [5.41, 5.74) is 0.581. The largest absolute Gasteiger partial charge is 0.349 e. The number of amides is 1. The summed E-state index contributed by atoms with van der Waals surface area (Å²) in [6.45, 7) is 1.80. The predicted molar refractivity (Wildman–Crippen MR) is 73.2 cm³/mol. The van der Waals surface area contributed by atoms with E-state index >= 15 is 0 Å². The van der Waals surface area contributed by atoms with Gasteiger partial charge < -0.3 is 5.32 Å². The Bertz CT molecular complexity index is 544. The van der Waals surface area contributed by atoms with E-state index in [1.165, 1.54) is 24.3 Å². The fraction of sp³-hybridized carbons (Fsp3) is 0.214. The number of nitro groups is 1. The monoisotopic (exact) mass is 258 g/mol. The van der Waals surface area contributed by atoms with Crippen LogP contribution in [0.25, 0.3) is 6.08 Å². The van der Waals surface area contributed by atoms with Gasteiger partial charge in [-0.1, -0.05) is 12.1 Å². The summed E-state index contributed by atoms with van der Waals surface area (Å²) >= 11 is 0. The van der Waals surface area contributed by atoms with Crippen molar-refractivity contribution in [3.8, 4) is 12.3 Å². The molecule has 0 radical (unpaired) electrons. The summed E-state index contributed by atoms with van der Waals surface area (Å²) in [4.78, 5) is 21.6. The van der Waals surface area contributed by atoms with E-state index in [9.17, 15) is 14.9 Å². The van der Waals surface area contributed by atoms with Gasteiger partial charge in [0.25, 0.3) is 5.69 Å². The molecule has 1 unspecified atom stereocenters. The molecule has 0 bridgehead atoms. The standard InChI is InChI=1S/C14H14N2O3/c1-3-5-11(2)15-14(17)9-8-12-6-4-7-13(10-12)16(18)19/h1,4,6-11H,5H2,2H3,(H,15,17)/b9-8+. The Kier molecular flexibility index (Phi) is 5.30. The first-order chi connectivity index (χ1) is 9.02. The first kappa shape index (κ1) is 14.5. The third kappa shape index (κ3) is 5.04. The SMILES string of the molecule is C#CCC(C)NC(=O)/C=C/c1cccc([N+](=O)[O-])c1. The molecule has 0 aliphatic heterocycles. The van der Waals surface area contributed by atoms with Crippen LogP contribution >= 0.6 is 0 Å². The number of rotatable bonds is 5. The molecule has 1 N–H and O–H groups in total. The Labute approximate surface area is 111 Å². The molecule has 1 atom stereocenters. The first-order valence-corrected chi connectivity index (χ1v) is 5.69. The van der Waals surface area contributed by atoms with Crippen LogP contribution in [0, 0.1) is 22.5 Å². The van der Waals surface area contributed by atoms with E-state index in [4.69, 9.17) is 6.42 Å². The van der Waals surface area contributed by atoms with Crippen LogP contribution in [0.3, 0.4) is 0 Å². The van der Waals surface area contributed by atoms with Crippen molar-refractivity contribution in [1.29, 1.82) is 0 Å². The van der Waals surface area contributed by atoms with Gasteiger partial charge in [-0.05, 0) is 18.6 Å². The highest BCUT2D eigenvalue weighted by Gasteiger charge is 2.05. The smallest absolute Gasteiger partial charge is 0.270 e. The van der Waals surface area contributed by atoms with Crippen molar-refractivity contribution in [2.45, 2.75) is 19.4 Å². The van der Waals surface area contributed by atoms with Crippen molar-refractivity contribution < 1.29 is 9.72 Å². The number of nitro benzene ring substituents is 1. The summed E-state index contributed by atoms with van der Waals surface area (Å²) in [5, 5.41) is 13.3. The van der Waals surface area contributed by atoms with Crippen LogP contribution in [0.2, 0.25) is 0 Å². The fourth-order valence-corrected chi connectivity index (χ4v) is 1.43. The van der Waals surface area contributed by atoms with E-state index in [1.54, 1.807) is 19.1 Å². The number of benzene rings is 1. The van der Waals surface area contributed by atoms with Crippen molar-refractivity contribution in [2.24, 2.45) is 0 Å². The molecule has 0 heterocycles. The van der Waals surface area contributed by atoms with Crippen molar-refractivity contribution >= 4 is 17.7 Å². The van der Waals surface area contributed by atoms with E-state index in [1.807, 2.05) is 0 Å². The molecule has 0 fully saturated rings. The van der Waals surface area contributed by atoms with Crippen LogP contribution < -0.4 is 5.32 Å². The van der Waals surface area contributed by atoms with Crippen LogP contribution in [0.1, 0.15) is 18.9 Å². The van der Waals surface area contributed by atoms with Gasteiger partial charge in [-0.15, -0.1) is 12.3 Å². The van der Waals surface area contributed by atoms with Gasteiger partial charge in [-0.25, -0.2) is 0 Å². The van der Waals surface area contributed by atoms with E-state index in [0.717, 1.165) is 0 Å². The lowest BCUT2D eigenvalue weighted by Crippen LogP contribution is -2.30. The second kappa shape index (κ2) is 6.97. The molecule has 98 valence electrons. The molecular weight excluding hydrogens is 244 g/mol. The van der Waals surface area contributed by atoms with E-state index < -0.39 is 4.92 Å². The number of non-ortho nitro benzene ring substituents is 1. The maximum absolute atomic E-state index is 11.5. The summed E-state index contributed by atoms with van der Waals surface area (Å²) in [7, 11) is 0. The Morgan fingerprint density at radius 2 is 2.37 bits per heavy atom. The van der Waals surface area contributed by atoms with Gasteiger partial charge in [0, 0.05) is 30.7 Å². The van der Waals surface area contributed by atoms with Gasteiger partial charge in [0.15, 0.2) is 0 Å². The number of nitrogens with zero attached hydrogens (tertiary/aromatic N) is 1.